The molecular formula is C6H10N4O2. The van der Waals surface area contributed by atoms with E-state index < -0.39 is 5.97 Å². The van der Waals surface area contributed by atoms with Gasteiger partial charge in [-0.15, -0.1) is 10.2 Å². The van der Waals surface area contributed by atoms with Crippen LogP contribution in [-0.4, -0.2) is 31.3 Å². The van der Waals surface area contributed by atoms with Gasteiger partial charge in [0, 0.05) is 6.42 Å². The molecule has 0 unspecified atom stereocenters. The highest BCUT2D eigenvalue weighted by Crippen LogP contribution is 1.91. The lowest BCUT2D eigenvalue weighted by Crippen LogP contribution is -2.11. The first-order valence-corrected chi connectivity index (χ1v) is 3.71. The minimum absolute atomic E-state index is 0.225. The third-order valence-corrected chi connectivity index (χ3v) is 1.24. The van der Waals surface area contributed by atoms with Gasteiger partial charge < -0.3 is 5.11 Å². The molecule has 6 heteroatoms. The van der Waals surface area contributed by atoms with Gasteiger partial charge in [-0.25, -0.2) is 0 Å². The van der Waals surface area contributed by atoms with Gasteiger partial charge in [-0.05, 0) is 11.6 Å². The summed E-state index contributed by atoms with van der Waals surface area (Å²) in [6, 6.07) is 0. The summed E-state index contributed by atoms with van der Waals surface area (Å²) < 4.78 is 0. The highest BCUT2D eigenvalue weighted by molar-refractivity contribution is 5.66. The smallest absolute Gasteiger partial charge is 0.327 e. The van der Waals surface area contributed by atoms with Gasteiger partial charge in [-0.3, -0.25) is 4.79 Å². The van der Waals surface area contributed by atoms with Crippen molar-refractivity contribution >= 4 is 5.97 Å². The lowest BCUT2D eigenvalue weighted by Gasteiger charge is -1.89. The second-order valence-electron chi connectivity index (χ2n) is 2.38. The van der Waals surface area contributed by atoms with Crippen molar-refractivity contribution in [1.82, 2.24) is 20.2 Å². The Morgan fingerprint density at radius 1 is 1.67 bits per heavy atom. The van der Waals surface area contributed by atoms with Crippen LogP contribution in [0.3, 0.4) is 0 Å². The van der Waals surface area contributed by atoms with Crippen LogP contribution in [0.2, 0.25) is 0 Å². The summed E-state index contributed by atoms with van der Waals surface area (Å²) >= 11 is 0. The zero-order chi connectivity index (χ0) is 8.97. The van der Waals surface area contributed by atoms with E-state index in [1.165, 1.54) is 0 Å². The summed E-state index contributed by atoms with van der Waals surface area (Å²) in [5, 5.41) is 19.5. The maximum atomic E-state index is 10.2. The Morgan fingerprint density at radius 3 is 3.00 bits per heavy atom. The van der Waals surface area contributed by atoms with E-state index in [0.717, 1.165) is 17.6 Å². The Morgan fingerprint density at radius 2 is 2.42 bits per heavy atom. The number of nitrogens with zero attached hydrogens (tertiary/aromatic N) is 4. The molecule has 0 aromatic carbocycles. The standard InChI is InChI=1S/C6H10N4O2/c1-2-3-5-7-9-10(8-5)4-6(11)12/h2-4H2,1H3,(H,11,12). The molecule has 0 aliphatic rings. The fourth-order valence-electron chi connectivity index (χ4n) is 0.788. The average Bonchev–Trinajstić information content (AvgIpc) is 2.36. The van der Waals surface area contributed by atoms with Crippen LogP contribution in [0.25, 0.3) is 0 Å². The van der Waals surface area contributed by atoms with E-state index >= 15 is 0 Å². The van der Waals surface area contributed by atoms with Crippen LogP contribution in [0.4, 0.5) is 0 Å². The third kappa shape index (κ3) is 2.30. The van der Waals surface area contributed by atoms with Crippen molar-refractivity contribution < 1.29 is 9.90 Å². The van der Waals surface area contributed by atoms with Gasteiger partial charge in [0.1, 0.15) is 0 Å². The van der Waals surface area contributed by atoms with Crippen LogP contribution >= 0.6 is 0 Å². The van der Waals surface area contributed by atoms with Gasteiger partial charge in [0.25, 0.3) is 0 Å². The molecule has 0 bridgehead atoms. The first kappa shape index (κ1) is 8.63. The molecule has 0 saturated heterocycles. The predicted molar refractivity (Wildman–Crippen MR) is 39.4 cm³/mol. The monoisotopic (exact) mass is 170 g/mol. The normalized spacial score (nSPS) is 10.1. The molecule has 0 fully saturated rings. The number of tetrazole rings is 1. The van der Waals surface area contributed by atoms with Crippen molar-refractivity contribution in [3.8, 4) is 0 Å². The molecule has 1 aromatic rings. The lowest BCUT2D eigenvalue weighted by atomic mass is 10.3. The topological polar surface area (TPSA) is 80.9 Å². The van der Waals surface area contributed by atoms with Crippen LogP contribution in [0, 0.1) is 0 Å². The van der Waals surface area contributed by atoms with Crippen molar-refractivity contribution in [3.63, 3.8) is 0 Å². The Hall–Kier alpha value is -1.46. The highest BCUT2D eigenvalue weighted by Gasteiger charge is 2.04. The predicted octanol–water partition coefficient (Wildman–Crippen LogP) is -0.290. The maximum Gasteiger partial charge on any atom is 0.327 e. The molecule has 0 atom stereocenters. The van der Waals surface area contributed by atoms with Gasteiger partial charge in [-0.1, -0.05) is 6.92 Å². The van der Waals surface area contributed by atoms with E-state index in [0.29, 0.717) is 5.82 Å². The van der Waals surface area contributed by atoms with Crippen LogP contribution in [0.1, 0.15) is 19.2 Å². The third-order valence-electron chi connectivity index (χ3n) is 1.24. The fraction of sp³-hybridized carbons (Fsp3) is 0.667. The number of aryl methyl sites for hydroxylation is 1. The number of aromatic nitrogens is 4. The summed E-state index contributed by atoms with van der Waals surface area (Å²) in [5.41, 5.74) is 0. The molecule has 0 saturated carbocycles. The zero-order valence-corrected chi connectivity index (χ0v) is 6.77. The first-order chi connectivity index (χ1) is 5.72. The second kappa shape index (κ2) is 3.80. The summed E-state index contributed by atoms with van der Waals surface area (Å²) in [7, 11) is 0. The summed E-state index contributed by atoms with van der Waals surface area (Å²) in [4.78, 5) is 11.3. The first-order valence-electron chi connectivity index (χ1n) is 3.71. The number of carboxylic acid groups (broad SMARTS) is 1. The number of aliphatic carboxylic acids is 1. The van der Waals surface area contributed by atoms with Crippen molar-refractivity contribution in [1.29, 1.82) is 0 Å². The Bertz CT molecular complexity index is 270. The maximum absolute atomic E-state index is 10.2. The van der Waals surface area contributed by atoms with E-state index in [2.05, 4.69) is 15.4 Å². The Labute approximate surface area is 69.2 Å². The van der Waals surface area contributed by atoms with Crippen molar-refractivity contribution in [2.24, 2.45) is 0 Å². The molecule has 1 N–H and O–H groups in total. The molecule has 6 nitrogen and oxygen atoms in total. The molecule has 0 spiro atoms. The van der Waals surface area contributed by atoms with Gasteiger partial charge in [0.2, 0.25) is 0 Å². The summed E-state index contributed by atoms with van der Waals surface area (Å²) in [5.74, 6) is -0.366. The molecule has 1 heterocycles. The van der Waals surface area contributed by atoms with Crippen LogP contribution in [0.15, 0.2) is 0 Å². The van der Waals surface area contributed by atoms with E-state index in [1.807, 2.05) is 6.92 Å². The van der Waals surface area contributed by atoms with E-state index in [1.54, 1.807) is 0 Å². The lowest BCUT2D eigenvalue weighted by molar-refractivity contribution is -0.138. The molecule has 12 heavy (non-hydrogen) atoms. The average molecular weight is 170 g/mol. The van der Waals surface area contributed by atoms with E-state index in [4.69, 9.17) is 5.11 Å². The Kier molecular flexibility index (Phi) is 2.73. The number of hydrogen-bond acceptors (Lipinski definition) is 4. The van der Waals surface area contributed by atoms with Crippen molar-refractivity contribution in [2.75, 3.05) is 0 Å². The van der Waals surface area contributed by atoms with Gasteiger partial charge in [0.05, 0.1) is 0 Å². The number of rotatable bonds is 4. The zero-order valence-electron chi connectivity index (χ0n) is 6.77. The molecule has 1 rings (SSSR count). The van der Waals surface area contributed by atoms with Gasteiger partial charge in [0.15, 0.2) is 12.4 Å². The summed E-state index contributed by atoms with van der Waals surface area (Å²) in [6.45, 7) is 1.77. The van der Waals surface area contributed by atoms with Crippen LogP contribution < -0.4 is 0 Å². The van der Waals surface area contributed by atoms with Gasteiger partial charge in [-0.2, -0.15) is 4.80 Å². The van der Waals surface area contributed by atoms with Gasteiger partial charge >= 0.3 is 5.97 Å². The minimum Gasteiger partial charge on any atom is -0.480 e. The molecule has 0 aliphatic carbocycles. The molecule has 0 aliphatic heterocycles. The quantitative estimate of drug-likeness (QED) is 0.671. The summed E-state index contributed by atoms with van der Waals surface area (Å²) in [6.07, 6.45) is 1.67. The Balaban J connectivity index is 2.58. The molecule has 1 aromatic heterocycles. The number of carbonyl (C=O) groups is 1. The molecule has 66 valence electrons. The molecule has 0 amide bonds. The number of hydrogen-bond donors (Lipinski definition) is 1. The fourth-order valence-corrected chi connectivity index (χ4v) is 0.788. The minimum atomic E-state index is -0.963. The largest absolute Gasteiger partial charge is 0.480 e. The van der Waals surface area contributed by atoms with E-state index in [9.17, 15) is 4.79 Å². The second-order valence-corrected chi connectivity index (χ2v) is 2.38. The highest BCUT2D eigenvalue weighted by atomic mass is 16.4. The van der Waals surface area contributed by atoms with E-state index in [-0.39, 0.29) is 6.54 Å². The van der Waals surface area contributed by atoms with Crippen molar-refractivity contribution in [3.05, 3.63) is 5.82 Å². The SMILES string of the molecule is CCCc1nnn(CC(=O)O)n1. The van der Waals surface area contributed by atoms with Crippen molar-refractivity contribution in [2.45, 2.75) is 26.3 Å². The van der Waals surface area contributed by atoms with Crippen LogP contribution in [-0.2, 0) is 17.8 Å². The number of carboxylic acids is 1. The molecular weight excluding hydrogens is 160 g/mol. The molecule has 0 radical (unpaired) electrons. The van der Waals surface area contributed by atoms with Crippen LogP contribution in [0.5, 0.6) is 0 Å².